The number of hydrogen-bond acceptors (Lipinski definition) is 4. The lowest BCUT2D eigenvalue weighted by atomic mass is 10.0. The highest BCUT2D eigenvalue weighted by molar-refractivity contribution is 6.34. The van der Waals surface area contributed by atoms with E-state index in [1.807, 2.05) is 0 Å². The molecule has 0 atom stereocenters. The molecule has 0 fully saturated rings. The number of hydrogen-bond donors (Lipinski definition) is 0. The fraction of sp³-hybridized carbons (Fsp3) is 0.467. The van der Waals surface area contributed by atoms with Gasteiger partial charge in [-0.05, 0) is 26.0 Å². The van der Waals surface area contributed by atoms with E-state index in [1.54, 1.807) is 13.8 Å². The van der Waals surface area contributed by atoms with Crippen molar-refractivity contribution in [1.82, 2.24) is 4.90 Å². The van der Waals surface area contributed by atoms with Crippen LogP contribution in [0.25, 0.3) is 0 Å². The molecule has 9 heteroatoms. The molecule has 0 N–H and O–H groups in total. The van der Waals surface area contributed by atoms with Crippen molar-refractivity contribution in [3.05, 3.63) is 33.8 Å². The van der Waals surface area contributed by atoms with E-state index in [2.05, 4.69) is 9.99 Å². The predicted octanol–water partition coefficient (Wildman–Crippen LogP) is 3.95. The second-order valence-electron chi connectivity index (χ2n) is 4.85. The highest BCUT2D eigenvalue weighted by Gasteiger charge is 2.36. The summed E-state index contributed by atoms with van der Waals surface area (Å²) in [6, 6.07) is 1.84. The Balaban J connectivity index is 3.38. The van der Waals surface area contributed by atoms with Crippen LogP contribution < -0.4 is 0 Å². The van der Waals surface area contributed by atoms with Crippen molar-refractivity contribution in [2.24, 2.45) is 5.16 Å². The average molecular weight is 367 g/mol. The van der Waals surface area contributed by atoms with E-state index in [1.165, 1.54) is 19.1 Å². The van der Waals surface area contributed by atoms with E-state index < -0.39 is 17.7 Å². The number of oxime groups is 1. The van der Waals surface area contributed by atoms with Gasteiger partial charge in [-0.25, -0.2) is 4.79 Å². The lowest BCUT2D eigenvalue weighted by molar-refractivity contribution is -0.138. The molecule has 0 aliphatic heterocycles. The Kier molecular flexibility index (Phi) is 6.89. The second kappa shape index (κ2) is 8.23. The van der Waals surface area contributed by atoms with Crippen molar-refractivity contribution in [3.8, 4) is 0 Å². The molecule has 0 radical (unpaired) electrons. The lowest BCUT2D eigenvalue weighted by Gasteiger charge is -2.22. The number of esters is 1. The number of alkyl halides is 3. The Morgan fingerprint density at radius 3 is 2.50 bits per heavy atom. The van der Waals surface area contributed by atoms with Gasteiger partial charge in [0.15, 0.2) is 0 Å². The minimum absolute atomic E-state index is 0.0883. The van der Waals surface area contributed by atoms with Crippen molar-refractivity contribution in [2.45, 2.75) is 26.6 Å². The van der Waals surface area contributed by atoms with Gasteiger partial charge in [0.05, 0.1) is 22.8 Å². The van der Waals surface area contributed by atoms with E-state index in [4.69, 9.17) is 16.3 Å². The quantitative estimate of drug-likeness (QED) is 0.343. The maximum Gasteiger partial charge on any atom is 0.416 e. The summed E-state index contributed by atoms with van der Waals surface area (Å²) in [6.45, 7) is 3.04. The maximum absolute atomic E-state index is 13.3. The molecule has 0 bridgehead atoms. The molecule has 0 aliphatic rings. The van der Waals surface area contributed by atoms with Crippen LogP contribution in [-0.4, -0.2) is 37.5 Å². The van der Waals surface area contributed by atoms with Crippen molar-refractivity contribution < 1.29 is 27.5 Å². The highest BCUT2D eigenvalue weighted by atomic mass is 35.5. The first-order valence-corrected chi connectivity index (χ1v) is 7.35. The van der Waals surface area contributed by atoms with E-state index in [0.717, 1.165) is 12.1 Å². The Morgan fingerprint density at radius 2 is 2.00 bits per heavy atom. The third-order valence-electron chi connectivity index (χ3n) is 3.22. The molecule has 0 saturated carbocycles. The predicted molar refractivity (Wildman–Crippen MR) is 84.0 cm³/mol. The van der Waals surface area contributed by atoms with Crippen molar-refractivity contribution in [2.75, 3.05) is 20.8 Å². The monoisotopic (exact) mass is 366 g/mol. The SMILES string of the molecule is CCOC(=O)c1ccc(C(F)(F)F)c(CN(C)/C(C)=N\OC)c1Cl. The smallest absolute Gasteiger partial charge is 0.416 e. The largest absolute Gasteiger partial charge is 0.462 e. The van der Waals surface area contributed by atoms with E-state index in [9.17, 15) is 18.0 Å². The van der Waals surface area contributed by atoms with Gasteiger partial charge >= 0.3 is 12.1 Å². The molecule has 0 heterocycles. The first-order chi connectivity index (χ1) is 11.1. The third-order valence-corrected chi connectivity index (χ3v) is 3.65. The van der Waals surface area contributed by atoms with Gasteiger partial charge in [-0.2, -0.15) is 13.2 Å². The van der Waals surface area contributed by atoms with Crippen LogP contribution in [0.5, 0.6) is 0 Å². The number of carbonyl (C=O) groups is 1. The number of rotatable bonds is 5. The number of halogens is 4. The number of nitrogens with zero attached hydrogens (tertiary/aromatic N) is 2. The van der Waals surface area contributed by atoms with Gasteiger partial charge < -0.3 is 14.5 Å². The van der Waals surface area contributed by atoms with Crippen LogP contribution in [0.3, 0.4) is 0 Å². The summed E-state index contributed by atoms with van der Waals surface area (Å²) in [5, 5.41) is 3.36. The maximum atomic E-state index is 13.3. The molecule has 5 nitrogen and oxygen atoms in total. The average Bonchev–Trinajstić information content (AvgIpc) is 2.48. The molecule has 0 aromatic heterocycles. The molecule has 24 heavy (non-hydrogen) atoms. The van der Waals surface area contributed by atoms with Crippen LogP contribution in [0, 0.1) is 0 Å². The van der Waals surface area contributed by atoms with Gasteiger partial charge in [-0.3, -0.25) is 0 Å². The van der Waals surface area contributed by atoms with Crippen LogP contribution in [-0.2, 0) is 22.3 Å². The van der Waals surface area contributed by atoms with Gasteiger partial charge in [-0.1, -0.05) is 16.8 Å². The number of carbonyl (C=O) groups excluding carboxylic acids is 1. The third kappa shape index (κ3) is 4.77. The molecule has 134 valence electrons. The summed E-state index contributed by atoms with van der Waals surface area (Å²) in [5.74, 6) is -0.425. The van der Waals surface area contributed by atoms with Gasteiger partial charge in [0.25, 0.3) is 0 Å². The molecule has 0 saturated heterocycles. The zero-order chi connectivity index (χ0) is 18.5. The van der Waals surface area contributed by atoms with Crippen LogP contribution in [0.15, 0.2) is 17.3 Å². The number of amidine groups is 1. The topological polar surface area (TPSA) is 51.1 Å². The molecular formula is C15H18ClF3N2O3. The molecule has 1 aromatic carbocycles. The van der Waals surface area contributed by atoms with Crippen molar-refractivity contribution in [1.29, 1.82) is 0 Å². The Bertz CT molecular complexity index is 633. The zero-order valence-electron chi connectivity index (χ0n) is 13.7. The normalized spacial score (nSPS) is 12.1. The fourth-order valence-electron chi connectivity index (χ4n) is 1.96. The zero-order valence-corrected chi connectivity index (χ0v) is 14.5. The minimum atomic E-state index is -4.61. The van der Waals surface area contributed by atoms with Gasteiger partial charge in [0.2, 0.25) is 0 Å². The minimum Gasteiger partial charge on any atom is -0.462 e. The summed E-state index contributed by atoms with van der Waals surface area (Å²) in [7, 11) is 2.86. The molecule has 0 spiro atoms. The standard InChI is InChI=1S/C15H18ClF3N2O3/c1-5-24-14(22)10-6-7-12(15(17,18)19)11(13(10)16)8-21(3)9(2)20-23-4/h6-7H,5,8H2,1-4H3/b20-9-. The summed E-state index contributed by atoms with van der Waals surface area (Å²) >= 11 is 6.08. The summed E-state index contributed by atoms with van der Waals surface area (Å²) in [4.78, 5) is 17.9. The van der Waals surface area contributed by atoms with Crippen LogP contribution in [0.4, 0.5) is 13.2 Å². The van der Waals surface area contributed by atoms with E-state index >= 15 is 0 Å². The lowest BCUT2D eigenvalue weighted by Crippen LogP contribution is -2.26. The number of ether oxygens (including phenoxy) is 1. The fourth-order valence-corrected chi connectivity index (χ4v) is 2.26. The van der Waals surface area contributed by atoms with Crippen LogP contribution in [0.1, 0.15) is 35.3 Å². The van der Waals surface area contributed by atoms with Gasteiger partial charge in [0, 0.05) is 19.2 Å². The van der Waals surface area contributed by atoms with Gasteiger partial charge in [0.1, 0.15) is 12.9 Å². The summed E-state index contributed by atoms with van der Waals surface area (Å²) in [6.07, 6.45) is -4.61. The van der Waals surface area contributed by atoms with Crippen molar-refractivity contribution >= 4 is 23.4 Å². The molecule has 0 amide bonds. The number of benzene rings is 1. The first-order valence-electron chi connectivity index (χ1n) is 6.98. The summed E-state index contributed by atoms with van der Waals surface area (Å²) in [5.41, 5.74) is -1.27. The van der Waals surface area contributed by atoms with E-state index in [-0.39, 0.29) is 29.3 Å². The second-order valence-corrected chi connectivity index (χ2v) is 5.23. The first kappa shape index (κ1) is 20.1. The Hall–Kier alpha value is -1.96. The molecular weight excluding hydrogens is 349 g/mol. The van der Waals surface area contributed by atoms with Crippen LogP contribution >= 0.6 is 11.6 Å². The summed E-state index contributed by atoms with van der Waals surface area (Å²) < 4.78 is 44.6. The molecule has 0 aliphatic carbocycles. The highest BCUT2D eigenvalue weighted by Crippen LogP contribution is 2.37. The van der Waals surface area contributed by atoms with Gasteiger partial charge in [-0.15, -0.1) is 0 Å². The van der Waals surface area contributed by atoms with Crippen molar-refractivity contribution in [3.63, 3.8) is 0 Å². The Labute approximate surface area is 143 Å². The van der Waals surface area contributed by atoms with E-state index in [0.29, 0.717) is 5.84 Å². The van der Waals surface area contributed by atoms with Crippen LogP contribution in [0.2, 0.25) is 5.02 Å². The Morgan fingerprint density at radius 1 is 1.38 bits per heavy atom. The molecule has 1 aromatic rings. The molecule has 0 unspecified atom stereocenters. The molecule has 1 rings (SSSR count).